The first-order valence-corrected chi connectivity index (χ1v) is 4.52. The number of carbonyl (C=O) groups excluding carboxylic acids is 1. The maximum absolute atomic E-state index is 11.4. The SMILES string of the molecule is CN(C)C(C)(C(N)=O)c1ccccc1. The van der Waals surface area contributed by atoms with Crippen LogP contribution in [0.3, 0.4) is 0 Å². The van der Waals surface area contributed by atoms with Crippen molar-refractivity contribution in [1.29, 1.82) is 0 Å². The van der Waals surface area contributed by atoms with Crippen LogP contribution in [-0.4, -0.2) is 24.9 Å². The molecule has 0 aliphatic rings. The van der Waals surface area contributed by atoms with Gasteiger partial charge in [-0.05, 0) is 26.6 Å². The number of likely N-dealkylation sites (N-methyl/N-ethyl adjacent to an activating group) is 1. The quantitative estimate of drug-likeness (QED) is 0.775. The highest BCUT2D eigenvalue weighted by Crippen LogP contribution is 2.25. The van der Waals surface area contributed by atoms with Crippen molar-refractivity contribution in [3.8, 4) is 0 Å². The maximum atomic E-state index is 11.4. The van der Waals surface area contributed by atoms with Gasteiger partial charge in [-0.2, -0.15) is 0 Å². The van der Waals surface area contributed by atoms with Crippen LogP contribution in [0.25, 0.3) is 0 Å². The number of benzene rings is 1. The second-order valence-electron chi connectivity index (χ2n) is 3.70. The predicted octanol–water partition coefficient (Wildman–Crippen LogP) is 0.949. The Balaban J connectivity index is 3.20. The summed E-state index contributed by atoms with van der Waals surface area (Å²) in [4.78, 5) is 13.3. The Labute approximate surface area is 84.5 Å². The highest BCUT2D eigenvalue weighted by molar-refractivity contribution is 5.85. The number of hydrogen-bond acceptors (Lipinski definition) is 2. The number of amides is 1. The molecule has 76 valence electrons. The van der Waals surface area contributed by atoms with Gasteiger partial charge in [-0.3, -0.25) is 9.69 Å². The Morgan fingerprint density at radius 1 is 1.29 bits per heavy atom. The lowest BCUT2D eigenvalue weighted by molar-refractivity contribution is -0.128. The summed E-state index contributed by atoms with van der Waals surface area (Å²) in [5.41, 5.74) is 5.60. The van der Waals surface area contributed by atoms with Crippen molar-refractivity contribution >= 4 is 5.91 Å². The van der Waals surface area contributed by atoms with Crippen LogP contribution in [0.5, 0.6) is 0 Å². The van der Waals surface area contributed by atoms with Gasteiger partial charge in [-0.1, -0.05) is 30.3 Å². The molecule has 0 fully saturated rings. The molecule has 0 heterocycles. The van der Waals surface area contributed by atoms with Gasteiger partial charge in [0.05, 0.1) is 0 Å². The van der Waals surface area contributed by atoms with Crippen LogP contribution < -0.4 is 5.73 Å². The van der Waals surface area contributed by atoms with E-state index in [-0.39, 0.29) is 5.91 Å². The minimum atomic E-state index is -0.735. The van der Waals surface area contributed by atoms with Gasteiger partial charge in [0.15, 0.2) is 0 Å². The molecule has 3 nitrogen and oxygen atoms in total. The van der Waals surface area contributed by atoms with Crippen molar-refractivity contribution in [3.63, 3.8) is 0 Å². The summed E-state index contributed by atoms with van der Waals surface area (Å²) >= 11 is 0. The third-order valence-corrected chi connectivity index (χ3v) is 2.71. The maximum Gasteiger partial charge on any atom is 0.242 e. The van der Waals surface area contributed by atoms with Gasteiger partial charge in [-0.15, -0.1) is 0 Å². The van der Waals surface area contributed by atoms with Gasteiger partial charge in [0.25, 0.3) is 0 Å². The van der Waals surface area contributed by atoms with Crippen molar-refractivity contribution in [2.45, 2.75) is 12.5 Å². The van der Waals surface area contributed by atoms with Crippen LogP contribution in [0.4, 0.5) is 0 Å². The van der Waals surface area contributed by atoms with Gasteiger partial charge in [-0.25, -0.2) is 0 Å². The second kappa shape index (κ2) is 3.80. The van der Waals surface area contributed by atoms with Crippen LogP contribution in [-0.2, 0) is 10.3 Å². The largest absolute Gasteiger partial charge is 0.368 e. The molecule has 0 aromatic heterocycles. The van der Waals surface area contributed by atoms with Crippen LogP contribution in [0, 0.1) is 0 Å². The molecule has 1 aromatic carbocycles. The Hall–Kier alpha value is -1.35. The molecule has 0 spiro atoms. The zero-order valence-corrected chi connectivity index (χ0v) is 8.82. The molecule has 1 aromatic rings. The van der Waals surface area contributed by atoms with Gasteiger partial charge in [0.2, 0.25) is 5.91 Å². The lowest BCUT2D eigenvalue weighted by Crippen LogP contribution is -2.49. The molecule has 1 unspecified atom stereocenters. The van der Waals surface area contributed by atoms with Crippen molar-refractivity contribution in [2.75, 3.05) is 14.1 Å². The van der Waals surface area contributed by atoms with E-state index in [2.05, 4.69) is 0 Å². The molecular formula is C11H16N2O. The van der Waals surface area contributed by atoms with E-state index in [4.69, 9.17) is 5.73 Å². The molecule has 1 amide bonds. The second-order valence-corrected chi connectivity index (χ2v) is 3.70. The van der Waals surface area contributed by atoms with Crippen molar-refractivity contribution in [2.24, 2.45) is 5.73 Å². The smallest absolute Gasteiger partial charge is 0.242 e. The number of primary amides is 1. The standard InChI is InChI=1S/C11H16N2O/c1-11(10(12)14,13(2)3)9-7-5-4-6-8-9/h4-8H,1-3H3,(H2,12,14). The Morgan fingerprint density at radius 3 is 2.14 bits per heavy atom. The van der Waals surface area contributed by atoms with Crippen LogP contribution in [0.15, 0.2) is 30.3 Å². The van der Waals surface area contributed by atoms with Gasteiger partial charge in [0, 0.05) is 0 Å². The van der Waals surface area contributed by atoms with E-state index in [1.54, 1.807) is 0 Å². The van der Waals surface area contributed by atoms with Crippen molar-refractivity contribution < 1.29 is 4.79 Å². The summed E-state index contributed by atoms with van der Waals surface area (Å²) in [5, 5.41) is 0. The number of rotatable bonds is 3. The third kappa shape index (κ3) is 1.63. The van der Waals surface area contributed by atoms with Gasteiger partial charge in [0.1, 0.15) is 5.54 Å². The Morgan fingerprint density at radius 2 is 1.79 bits per heavy atom. The molecular weight excluding hydrogens is 176 g/mol. The molecule has 3 heteroatoms. The molecule has 0 bridgehead atoms. The van der Waals surface area contributed by atoms with Gasteiger partial charge >= 0.3 is 0 Å². The van der Waals surface area contributed by atoms with Crippen molar-refractivity contribution in [1.82, 2.24) is 4.90 Å². The zero-order chi connectivity index (χ0) is 10.8. The van der Waals surface area contributed by atoms with E-state index in [0.717, 1.165) is 5.56 Å². The summed E-state index contributed by atoms with van der Waals surface area (Å²) in [5.74, 6) is -0.339. The van der Waals surface area contributed by atoms with Crippen LogP contribution in [0.1, 0.15) is 12.5 Å². The highest BCUT2D eigenvalue weighted by Gasteiger charge is 2.35. The molecule has 1 rings (SSSR count). The lowest BCUT2D eigenvalue weighted by Gasteiger charge is -2.33. The topological polar surface area (TPSA) is 46.3 Å². The normalized spacial score (nSPS) is 15.1. The third-order valence-electron chi connectivity index (χ3n) is 2.71. The van der Waals surface area contributed by atoms with E-state index >= 15 is 0 Å². The monoisotopic (exact) mass is 192 g/mol. The predicted molar refractivity (Wildman–Crippen MR) is 56.7 cm³/mol. The van der Waals surface area contributed by atoms with Crippen molar-refractivity contribution in [3.05, 3.63) is 35.9 Å². The average molecular weight is 192 g/mol. The van der Waals surface area contributed by atoms with E-state index in [0.29, 0.717) is 0 Å². The van der Waals surface area contributed by atoms with Gasteiger partial charge < -0.3 is 5.73 Å². The first kappa shape index (κ1) is 10.7. The number of carbonyl (C=O) groups is 1. The first-order valence-electron chi connectivity index (χ1n) is 4.52. The number of nitrogens with two attached hydrogens (primary N) is 1. The lowest BCUT2D eigenvalue weighted by atomic mass is 9.90. The summed E-state index contributed by atoms with van der Waals surface area (Å²) in [7, 11) is 3.69. The van der Waals surface area contributed by atoms with E-state index in [1.165, 1.54) is 0 Å². The summed E-state index contributed by atoms with van der Waals surface area (Å²) in [6, 6.07) is 9.54. The minimum Gasteiger partial charge on any atom is -0.368 e. The molecule has 0 radical (unpaired) electrons. The fourth-order valence-electron chi connectivity index (χ4n) is 1.38. The molecule has 0 aliphatic heterocycles. The van der Waals surface area contributed by atoms with E-state index < -0.39 is 5.54 Å². The molecule has 0 saturated carbocycles. The summed E-state index contributed by atoms with van der Waals surface area (Å²) in [6.07, 6.45) is 0. The molecule has 14 heavy (non-hydrogen) atoms. The molecule has 1 atom stereocenters. The minimum absolute atomic E-state index is 0.339. The fourth-order valence-corrected chi connectivity index (χ4v) is 1.38. The zero-order valence-electron chi connectivity index (χ0n) is 8.82. The summed E-state index contributed by atoms with van der Waals surface area (Å²) in [6.45, 7) is 1.82. The van der Waals surface area contributed by atoms with E-state index in [1.807, 2.05) is 56.3 Å². The first-order chi connectivity index (χ1) is 6.49. The number of hydrogen-bond donors (Lipinski definition) is 1. The molecule has 2 N–H and O–H groups in total. The average Bonchev–Trinajstić information content (AvgIpc) is 2.17. The van der Waals surface area contributed by atoms with Crippen LogP contribution in [0.2, 0.25) is 0 Å². The Bertz CT molecular complexity index is 321. The number of nitrogens with zero attached hydrogens (tertiary/aromatic N) is 1. The van der Waals surface area contributed by atoms with E-state index in [9.17, 15) is 4.79 Å². The fraction of sp³-hybridized carbons (Fsp3) is 0.364. The highest BCUT2D eigenvalue weighted by atomic mass is 16.1. The molecule has 0 aliphatic carbocycles. The molecule has 0 saturated heterocycles. The summed E-state index contributed by atoms with van der Waals surface area (Å²) < 4.78 is 0. The van der Waals surface area contributed by atoms with Crippen LogP contribution >= 0.6 is 0 Å². The Kier molecular flexibility index (Phi) is 2.91.